The molecular formula is C76H112N18O30. The zero-order valence-electron chi connectivity index (χ0n) is 69.2. The molecule has 0 aliphatic heterocycles. The van der Waals surface area contributed by atoms with E-state index in [0.29, 0.717) is 12.0 Å². The fraction of sp³-hybridized carbons (Fsp3) is 0.553. The summed E-state index contributed by atoms with van der Waals surface area (Å²) in [7, 11) is 0. The van der Waals surface area contributed by atoms with Crippen LogP contribution in [0.15, 0.2) is 61.1 Å². The molecule has 2 aromatic carbocycles. The number of aromatic amines is 1. The molecular weight excluding hydrogens is 1640 g/mol. The number of aromatic nitrogens is 2. The summed E-state index contributed by atoms with van der Waals surface area (Å²) in [6, 6.07) is -16.0. The highest BCUT2D eigenvalue weighted by molar-refractivity contribution is 6.01. The van der Waals surface area contributed by atoms with E-state index in [0.717, 1.165) is 27.1 Å². The minimum Gasteiger partial charge on any atom is -0.508 e. The molecule has 0 aliphatic carbocycles. The monoisotopic (exact) mass is 1760 g/mol. The van der Waals surface area contributed by atoms with Gasteiger partial charge in [-0.3, -0.25) is 86.3 Å². The topological polar surface area (TPSA) is 782 Å². The molecule has 0 spiro atoms. The number of nitrogens with one attached hydrogen (secondary N) is 16. The van der Waals surface area contributed by atoms with E-state index >= 15 is 0 Å². The quantitative estimate of drug-likeness (QED) is 0.0250. The molecule has 29 N–H and O–H groups in total. The number of aromatic hydroxyl groups is 2. The summed E-state index contributed by atoms with van der Waals surface area (Å²) in [5, 5.41) is 144. The van der Waals surface area contributed by atoms with Gasteiger partial charge in [-0.05, 0) is 101 Å². The lowest BCUT2D eigenvalue weighted by Gasteiger charge is -2.29. The molecule has 19 atom stereocenters. The van der Waals surface area contributed by atoms with Crippen molar-refractivity contribution >= 4 is 112 Å². The highest BCUT2D eigenvalue weighted by Crippen LogP contribution is 2.17. The first-order valence-corrected chi connectivity index (χ1v) is 39.1. The fourth-order valence-electron chi connectivity index (χ4n) is 11.4. The summed E-state index contributed by atoms with van der Waals surface area (Å²) in [5.74, 6) is -25.6. The molecule has 0 saturated carbocycles. The smallest absolute Gasteiger partial charge is 0.326 e. The average Bonchev–Trinajstić information content (AvgIpc) is 0.910. The van der Waals surface area contributed by atoms with Crippen molar-refractivity contribution in [1.82, 2.24) is 89.7 Å². The standard InChI is InChI=1S/C76H112N18O30/c1-10-34(4)57(77)71(118)82-35(5)62(109)81-36(6)63(110)84-47(21-24-56(107)108)66(113)91-58(33(2)3)72(119)88-48(25-40-11-15-43(100)16-12-40)67(114)85-46(20-23-55(105)106)65(112)87-49(27-42-28-78-32-80-42)68(115)92-59(37(7)97)73(120)86-45(19-22-54(103)104)64(111)79-29-53(102)83-51(30-95)70(117)93-61(39(9)99)75(122)94-60(38(8)98)74(121)90-52(31-96)69(116)89-50(76(123)124)26-41-13-17-44(101)18-14-41/h11-18,28,32-39,45-52,57-61,95-101H,10,19-27,29-31,77H2,1-9H3,(H,78,80)(H,79,111)(H,81,109)(H,82,118)(H,83,102)(H,84,110)(H,85,114)(H,86,120)(H,87,112)(H,88,119)(H,89,116)(H,90,121)(H,91,113)(H,92,115)(H,93,117)(H,94,122)(H,103,104)(H,105,106)(H,107,108)(H,123,124)/t34-,35-,36-,37+,38+,39+,45-,46-,47-,48-,49-,50-,51-,52-,57-,58-,59-,60-,61-/m0/s1. The maximum Gasteiger partial charge on any atom is 0.326 e. The minimum absolute atomic E-state index is 0.0266. The number of amides is 15. The van der Waals surface area contributed by atoms with Gasteiger partial charge in [0, 0.05) is 44.7 Å². The van der Waals surface area contributed by atoms with Crippen molar-refractivity contribution in [2.24, 2.45) is 17.6 Å². The number of phenols is 2. The zero-order valence-corrected chi connectivity index (χ0v) is 69.2. The van der Waals surface area contributed by atoms with Crippen LogP contribution < -0.4 is 85.5 Å². The Morgan fingerprint density at radius 2 is 0.702 bits per heavy atom. The van der Waals surface area contributed by atoms with E-state index in [9.17, 15) is 147 Å². The van der Waals surface area contributed by atoms with Gasteiger partial charge in [-0.15, -0.1) is 0 Å². The van der Waals surface area contributed by atoms with Gasteiger partial charge in [-0.2, -0.15) is 0 Å². The summed E-state index contributed by atoms with van der Waals surface area (Å²) in [6.45, 7) is 8.33. The summed E-state index contributed by atoms with van der Waals surface area (Å²) < 4.78 is 0. The van der Waals surface area contributed by atoms with Crippen LogP contribution in [0.2, 0.25) is 0 Å². The number of rotatable bonds is 54. The molecule has 1 heterocycles. The van der Waals surface area contributed by atoms with Crippen LogP contribution >= 0.6 is 0 Å². The van der Waals surface area contributed by atoms with E-state index in [2.05, 4.69) is 68.5 Å². The average molecular weight is 1760 g/mol. The molecule has 686 valence electrons. The molecule has 0 radical (unpaired) electrons. The van der Waals surface area contributed by atoms with E-state index in [1.54, 1.807) is 13.8 Å². The van der Waals surface area contributed by atoms with Gasteiger partial charge in [0.15, 0.2) is 0 Å². The minimum atomic E-state index is -2.14. The van der Waals surface area contributed by atoms with E-state index < -0.39 is 298 Å². The Hall–Kier alpha value is -13.1. The van der Waals surface area contributed by atoms with E-state index in [1.807, 2.05) is 21.3 Å². The zero-order chi connectivity index (χ0) is 93.7. The summed E-state index contributed by atoms with van der Waals surface area (Å²) in [4.78, 5) is 261. The van der Waals surface area contributed by atoms with Crippen molar-refractivity contribution in [3.63, 3.8) is 0 Å². The number of nitrogens with two attached hydrogens (primary N) is 1. The lowest BCUT2D eigenvalue weighted by molar-refractivity contribution is -0.143. The van der Waals surface area contributed by atoms with Crippen molar-refractivity contribution in [3.05, 3.63) is 77.9 Å². The van der Waals surface area contributed by atoms with Crippen LogP contribution in [0, 0.1) is 11.8 Å². The highest BCUT2D eigenvalue weighted by Gasteiger charge is 2.40. The van der Waals surface area contributed by atoms with Crippen LogP contribution in [0.25, 0.3) is 0 Å². The molecule has 48 nitrogen and oxygen atoms in total. The van der Waals surface area contributed by atoms with E-state index in [-0.39, 0.29) is 35.1 Å². The normalized spacial score (nSPS) is 15.7. The first-order chi connectivity index (χ1) is 58.1. The lowest BCUT2D eigenvalue weighted by atomic mass is 9.99. The number of carbonyl (C=O) groups excluding carboxylic acids is 15. The molecule has 0 fully saturated rings. The molecule has 0 bridgehead atoms. The van der Waals surface area contributed by atoms with Crippen molar-refractivity contribution < 1.29 is 147 Å². The van der Waals surface area contributed by atoms with Crippen molar-refractivity contribution in [2.75, 3.05) is 19.8 Å². The van der Waals surface area contributed by atoms with Crippen molar-refractivity contribution in [3.8, 4) is 11.5 Å². The maximum absolute atomic E-state index is 14.7. The lowest BCUT2D eigenvalue weighted by Crippen LogP contribution is -2.63. The third-order valence-electron chi connectivity index (χ3n) is 19.0. The third-order valence-corrected chi connectivity index (χ3v) is 19.0. The van der Waals surface area contributed by atoms with Gasteiger partial charge in [0.25, 0.3) is 0 Å². The SMILES string of the molecule is CC[C@H](C)[C@H](N)C(=O)N[C@@H](C)C(=O)N[C@@H](C)C(=O)N[C@@H](CCC(=O)O)C(=O)N[C@H](C(=O)N[C@@H](Cc1ccc(O)cc1)C(=O)N[C@@H](CCC(=O)O)C(=O)N[C@@H](Cc1c[nH]cn1)C(=O)N[C@H](C(=O)N[C@@H](CCC(=O)O)C(=O)NCC(=O)N[C@@H](CO)C(=O)N[C@H](C(=O)N[C@H](C(=O)N[C@@H](CO)C(=O)N[C@@H](Cc1ccc(O)cc1)C(=O)O)[C@@H](C)O)[C@@H](C)O)[C@@H](C)O)C(C)C. The van der Waals surface area contributed by atoms with Crippen LogP contribution in [-0.4, -0.2) is 307 Å². The van der Waals surface area contributed by atoms with E-state index in [4.69, 9.17) is 5.73 Å². The molecule has 0 aliphatic rings. The molecule has 1 aromatic heterocycles. The summed E-state index contributed by atoms with van der Waals surface area (Å²) in [5.41, 5.74) is 6.60. The first-order valence-electron chi connectivity index (χ1n) is 39.1. The summed E-state index contributed by atoms with van der Waals surface area (Å²) >= 11 is 0. The van der Waals surface area contributed by atoms with Gasteiger partial charge >= 0.3 is 23.9 Å². The number of carbonyl (C=O) groups is 19. The number of hydrogen-bond donors (Lipinski definition) is 28. The van der Waals surface area contributed by atoms with Crippen LogP contribution in [0.1, 0.15) is 124 Å². The van der Waals surface area contributed by atoms with Crippen LogP contribution in [0.4, 0.5) is 0 Å². The number of benzene rings is 2. The first kappa shape index (κ1) is 105. The predicted molar refractivity (Wildman–Crippen MR) is 427 cm³/mol. The Morgan fingerprint density at radius 1 is 0.379 bits per heavy atom. The highest BCUT2D eigenvalue weighted by atomic mass is 16.4. The number of carboxylic acid groups (broad SMARTS) is 4. The number of imidazole rings is 1. The third kappa shape index (κ3) is 35.9. The molecule has 0 unspecified atom stereocenters. The van der Waals surface area contributed by atoms with Gasteiger partial charge < -0.3 is 147 Å². The van der Waals surface area contributed by atoms with Crippen molar-refractivity contribution in [1.29, 1.82) is 0 Å². The number of phenolic OH excluding ortho intramolecular Hbond substituents is 2. The van der Waals surface area contributed by atoms with Crippen LogP contribution in [0.3, 0.4) is 0 Å². The van der Waals surface area contributed by atoms with Gasteiger partial charge in [-0.1, -0.05) is 58.4 Å². The van der Waals surface area contributed by atoms with Crippen LogP contribution in [0.5, 0.6) is 11.5 Å². The number of aliphatic hydroxyl groups excluding tert-OH is 5. The Balaban J connectivity index is 1.86. The number of hydrogen-bond acceptors (Lipinski definition) is 28. The Morgan fingerprint density at radius 3 is 1.13 bits per heavy atom. The van der Waals surface area contributed by atoms with Gasteiger partial charge in [-0.25, -0.2) is 9.78 Å². The fourth-order valence-corrected chi connectivity index (χ4v) is 11.4. The molecule has 3 rings (SSSR count). The molecule has 48 heteroatoms. The predicted octanol–water partition coefficient (Wildman–Crippen LogP) is -9.37. The maximum atomic E-state index is 14.7. The second-order valence-electron chi connectivity index (χ2n) is 29.6. The molecule has 0 saturated heterocycles. The number of aliphatic carboxylic acids is 4. The number of nitrogens with zero attached hydrogens (tertiary/aromatic N) is 1. The number of carboxylic acids is 4. The Kier molecular flexibility index (Phi) is 43.8. The van der Waals surface area contributed by atoms with Gasteiger partial charge in [0.2, 0.25) is 88.6 Å². The molecule has 124 heavy (non-hydrogen) atoms. The molecule has 3 aromatic rings. The largest absolute Gasteiger partial charge is 0.508 e. The van der Waals surface area contributed by atoms with Gasteiger partial charge in [0.05, 0.1) is 56.1 Å². The van der Waals surface area contributed by atoms with Crippen molar-refractivity contribution in [2.45, 2.75) is 235 Å². The number of H-pyrrole nitrogens is 1. The van der Waals surface area contributed by atoms with Gasteiger partial charge in [0.1, 0.15) is 96.1 Å². The van der Waals surface area contributed by atoms with E-state index in [1.165, 1.54) is 82.4 Å². The Bertz CT molecular complexity index is 4190. The summed E-state index contributed by atoms with van der Waals surface area (Å²) in [6.07, 6.45) is -8.64. The number of aliphatic hydroxyl groups is 5. The second kappa shape index (κ2) is 51.6. The molecule has 15 amide bonds. The second-order valence-corrected chi connectivity index (χ2v) is 29.6. The van der Waals surface area contributed by atoms with Crippen LogP contribution in [-0.2, 0) is 110 Å². The Labute approximate surface area is 709 Å².